The number of nitrogens with zero attached hydrogens (tertiary/aromatic N) is 1. The monoisotopic (exact) mass is 307 g/mol. The summed E-state index contributed by atoms with van der Waals surface area (Å²) in [6, 6.07) is 7.99. The van der Waals surface area contributed by atoms with Crippen molar-refractivity contribution in [3.05, 3.63) is 68.7 Å². The Morgan fingerprint density at radius 3 is 2.64 bits per heavy atom. The predicted octanol–water partition coefficient (Wildman–Crippen LogP) is -0.0813. The molecule has 2 aromatic rings. The van der Waals surface area contributed by atoms with Crippen LogP contribution in [0.15, 0.2) is 46.1 Å². The largest absolute Gasteiger partial charge is 0.480 e. The maximum absolute atomic E-state index is 13.2. The lowest BCUT2D eigenvalue weighted by atomic mass is 10.2. The average Bonchev–Trinajstić information content (AvgIpc) is 2.49. The lowest BCUT2D eigenvalue weighted by molar-refractivity contribution is -0.139. The van der Waals surface area contributed by atoms with Crippen LogP contribution >= 0.6 is 0 Å². The summed E-state index contributed by atoms with van der Waals surface area (Å²) < 4.78 is 14.0. The Hall–Kier alpha value is -2.74. The first kappa shape index (κ1) is 15.6. The Morgan fingerprint density at radius 1 is 1.32 bits per heavy atom. The minimum absolute atomic E-state index is 0.276. The van der Waals surface area contributed by atoms with Gasteiger partial charge in [0.25, 0.3) is 5.56 Å². The van der Waals surface area contributed by atoms with E-state index in [1.807, 2.05) is 30.3 Å². The van der Waals surface area contributed by atoms with Gasteiger partial charge < -0.3 is 5.11 Å². The van der Waals surface area contributed by atoms with Crippen molar-refractivity contribution in [3.63, 3.8) is 0 Å². The Labute approximate surface area is 124 Å². The van der Waals surface area contributed by atoms with Crippen LogP contribution in [-0.2, 0) is 17.9 Å². The second-order valence-electron chi connectivity index (χ2n) is 4.65. The quantitative estimate of drug-likeness (QED) is 0.692. The normalized spacial score (nSPS) is 12.0. The van der Waals surface area contributed by atoms with Crippen LogP contribution in [0.3, 0.4) is 0 Å². The molecule has 116 valence electrons. The van der Waals surface area contributed by atoms with Crippen LogP contribution in [0.5, 0.6) is 0 Å². The number of hydrogen-bond acceptors (Lipinski definition) is 4. The molecule has 0 bridgehead atoms. The van der Waals surface area contributed by atoms with Crippen molar-refractivity contribution in [2.24, 2.45) is 0 Å². The molecule has 0 spiro atoms. The maximum atomic E-state index is 13.2. The van der Waals surface area contributed by atoms with Gasteiger partial charge in [0.1, 0.15) is 6.04 Å². The molecule has 1 aromatic heterocycles. The van der Waals surface area contributed by atoms with Gasteiger partial charge in [0.05, 0.1) is 12.7 Å². The fourth-order valence-corrected chi connectivity index (χ4v) is 1.88. The topological polar surface area (TPSA) is 104 Å². The van der Waals surface area contributed by atoms with Crippen LogP contribution in [0.25, 0.3) is 0 Å². The van der Waals surface area contributed by atoms with Crippen molar-refractivity contribution in [1.82, 2.24) is 14.9 Å². The molecule has 3 N–H and O–H groups in total. The number of hydrogen-bond donors (Lipinski definition) is 3. The molecular weight excluding hydrogens is 293 g/mol. The first-order valence-electron chi connectivity index (χ1n) is 6.47. The van der Waals surface area contributed by atoms with E-state index in [0.717, 1.165) is 10.1 Å². The van der Waals surface area contributed by atoms with E-state index in [4.69, 9.17) is 0 Å². The van der Waals surface area contributed by atoms with Gasteiger partial charge in [-0.1, -0.05) is 30.3 Å². The van der Waals surface area contributed by atoms with Crippen molar-refractivity contribution < 1.29 is 14.3 Å². The Bertz CT molecular complexity index is 770. The molecule has 0 aliphatic heterocycles. The van der Waals surface area contributed by atoms with E-state index >= 15 is 0 Å². The molecule has 0 aliphatic carbocycles. The molecule has 1 aromatic carbocycles. The van der Waals surface area contributed by atoms with Crippen LogP contribution in [0.4, 0.5) is 4.39 Å². The van der Waals surface area contributed by atoms with Crippen LogP contribution in [0.2, 0.25) is 0 Å². The molecule has 1 heterocycles. The van der Waals surface area contributed by atoms with Gasteiger partial charge >= 0.3 is 11.7 Å². The Kier molecular flexibility index (Phi) is 4.84. The molecule has 8 heteroatoms. The van der Waals surface area contributed by atoms with E-state index in [-0.39, 0.29) is 13.1 Å². The zero-order valence-electron chi connectivity index (χ0n) is 11.5. The average molecular weight is 307 g/mol. The molecule has 0 radical (unpaired) electrons. The summed E-state index contributed by atoms with van der Waals surface area (Å²) in [5, 5.41) is 12.0. The van der Waals surface area contributed by atoms with Gasteiger partial charge in [-0.3, -0.25) is 24.5 Å². The fourth-order valence-electron chi connectivity index (χ4n) is 1.88. The molecule has 0 amide bonds. The van der Waals surface area contributed by atoms with Gasteiger partial charge in [0.15, 0.2) is 0 Å². The summed E-state index contributed by atoms with van der Waals surface area (Å²) >= 11 is 0. The van der Waals surface area contributed by atoms with Crippen molar-refractivity contribution in [2.75, 3.05) is 0 Å². The van der Waals surface area contributed by atoms with Crippen molar-refractivity contribution in [3.8, 4) is 0 Å². The number of benzene rings is 1. The number of carboxylic acids is 1. The van der Waals surface area contributed by atoms with Crippen LogP contribution in [0.1, 0.15) is 5.56 Å². The molecule has 0 saturated heterocycles. The van der Waals surface area contributed by atoms with E-state index in [1.54, 1.807) is 4.98 Å². The van der Waals surface area contributed by atoms with Gasteiger partial charge in [0, 0.05) is 6.54 Å². The van der Waals surface area contributed by atoms with Crippen molar-refractivity contribution >= 4 is 5.97 Å². The highest BCUT2D eigenvalue weighted by Crippen LogP contribution is 1.99. The molecule has 0 aliphatic rings. The van der Waals surface area contributed by atoms with Crippen LogP contribution in [-0.4, -0.2) is 26.7 Å². The summed E-state index contributed by atoms with van der Waals surface area (Å²) in [5.41, 5.74) is -1.13. The van der Waals surface area contributed by atoms with E-state index in [9.17, 15) is 23.9 Å². The third-order valence-corrected chi connectivity index (χ3v) is 3.04. The minimum Gasteiger partial charge on any atom is -0.480 e. The van der Waals surface area contributed by atoms with Gasteiger partial charge in [-0.25, -0.2) is 4.79 Å². The van der Waals surface area contributed by atoms with Crippen molar-refractivity contribution in [2.45, 2.75) is 19.1 Å². The number of carboxylic acid groups (broad SMARTS) is 1. The number of aliphatic carboxylic acids is 1. The van der Waals surface area contributed by atoms with Gasteiger partial charge in [-0.15, -0.1) is 0 Å². The number of aromatic nitrogens is 2. The molecule has 0 saturated carbocycles. The number of halogens is 1. The molecule has 0 fully saturated rings. The highest BCUT2D eigenvalue weighted by molar-refractivity contribution is 5.73. The smallest absolute Gasteiger partial charge is 0.328 e. The van der Waals surface area contributed by atoms with E-state index in [1.165, 1.54) is 0 Å². The van der Waals surface area contributed by atoms with Gasteiger partial charge in [0.2, 0.25) is 5.82 Å². The predicted molar refractivity (Wildman–Crippen MR) is 76.0 cm³/mol. The van der Waals surface area contributed by atoms with Crippen LogP contribution in [0, 0.1) is 5.82 Å². The fraction of sp³-hybridized carbons (Fsp3) is 0.214. The standard InChI is InChI=1S/C14H14FN3O4/c15-10-7-18(14(22)17-12(10)19)8-11(13(20)21)16-6-9-4-2-1-3-5-9/h1-5,7,11,16H,6,8H2,(H,20,21)(H,17,19,22)/t11-/m0/s1. The summed E-state index contributed by atoms with van der Waals surface area (Å²) in [7, 11) is 0. The zero-order chi connectivity index (χ0) is 16.1. The first-order chi connectivity index (χ1) is 10.5. The Morgan fingerprint density at radius 2 is 2.00 bits per heavy atom. The second-order valence-corrected chi connectivity index (χ2v) is 4.65. The summed E-state index contributed by atoms with van der Waals surface area (Å²) in [5.74, 6) is -2.33. The molecule has 22 heavy (non-hydrogen) atoms. The number of nitrogens with one attached hydrogen (secondary N) is 2. The Balaban J connectivity index is 2.13. The zero-order valence-corrected chi connectivity index (χ0v) is 11.5. The number of rotatable bonds is 6. The molecular formula is C14H14FN3O4. The minimum atomic E-state index is -1.19. The summed E-state index contributed by atoms with van der Waals surface area (Å²) in [6.45, 7) is -0.0346. The molecule has 0 unspecified atom stereocenters. The van der Waals surface area contributed by atoms with E-state index in [2.05, 4.69) is 5.32 Å². The van der Waals surface area contributed by atoms with Gasteiger partial charge in [-0.2, -0.15) is 4.39 Å². The van der Waals surface area contributed by atoms with E-state index < -0.39 is 29.1 Å². The summed E-state index contributed by atoms with van der Waals surface area (Å²) in [6.07, 6.45) is 0.696. The SMILES string of the molecule is O=C(O)[C@H](Cn1cc(F)c(=O)[nH]c1=O)NCc1ccccc1. The molecule has 2 rings (SSSR count). The number of H-pyrrole nitrogens is 1. The third kappa shape index (κ3) is 3.89. The number of aromatic amines is 1. The van der Waals surface area contributed by atoms with Crippen molar-refractivity contribution in [1.29, 1.82) is 0 Å². The lowest BCUT2D eigenvalue weighted by Crippen LogP contribution is -2.43. The number of carbonyl (C=O) groups is 1. The second kappa shape index (κ2) is 6.81. The highest BCUT2D eigenvalue weighted by atomic mass is 19.1. The van der Waals surface area contributed by atoms with E-state index in [0.29, 0.717) is 6.20 Å². The van der Waals surface area contributed by atoms with Crippen LogP contribution < -0.4 is 16.6 Å². The summed E-state index contributed by atoms with van der Waals surface area (Å²) in [4.78, 5) is 35.5. The first-order valence-corrected chi connectivity index (χ1v) is 6.47. The highest BCUT2D eigenvalue weighted by Gasteiger charge is 2.18. The molecule has 1 atom stereocenters. The third-order valence-electron chi connectivity index (χ3n) is 3.04. The maximum Gasteiger partial charge on any atom is 0.328 e. The van der Waals surface area contributed by atoms with Gasteiger partial charge in [-0.05, 0) is 5.56 Å². The lowest BCUT2D eigenvalue weighted by Gasteiger charge is -2.15. The molecule has 7 nitrogen and oxygen atoms in total.